The Hall–Kier alpha value is -3.18. The van der Waals surface area contributed by atoms with Crippen molar-refractivity contribution < 1.29 is 19.8 Å². The number of amides is 1. The van der Waals surface area contributed by atoms with Crippen molar-refractivity contribution in [3.05, 3.63) is 77.9 Å². The van der Waals surface area contributed by atoms with E-state index in [1.165, 1.54) is 12.1 Å². The molecule has 0 aliphatic rings. The van der Waals surface area contributed by atoms with Crippen LogP contribution in [0.1, 0.15) is 28.4 Å². The van der Waals surface area contributed by atoms with E-state index in [1.807, 2.05) is 36.4 Å². The van der Waals surface area contributed by atoms with E-state index >= 15 is 0 Å². The van der Waals surface area contributed by atoms with Crippen LogP contribution < -0.4 is 5.32 Å². The summed E-state index contributed by atoms with van der Waals surface area (Å²) >= 11 is 0. The van der Waals surface area contributed by atoms with Crippen LogP contribution in [0, 0.1) is 0 Å². The topological polar surface area (TPSA) is 86.6 Å². The van der Waals surface area contributed by atoms with Crippen LogP contribution in [-0.2, 0) is 4.79 Å². The molecule has 5 nitrogen and oxygen atoms in total. The molecule has 1 atom stereocenters. The van der Waals surface area contributed by atoms with Crippen molar-refractivity contribution in [2.45, 2.75) is 12.5 Å². The molecule has 0 bridgehead atoms. The van der Waals surface area contributed by atoms with Crippen molar-refractivity contribution >= 4 is 28.3 Å². The van der Waals surface area contributed by atoms with E-state index in [2.05, 4.69) is 5.32 Å². The number of hydrogen-bond acceptors (Lipinski definition) is 3. The van der Waals surface area contributed by atoms with Crippen molar-refractivity contribution in [2.75, 3.05) is 5.32 Å². The smallest absolute Gasteiger partial charge is 0.337 e. The van der Waals surface area contributed by atoms with Crippen molar-refractivity contribution in [1.29, 1.82) is 0 Å². The average molecular weight is 335 g/mol. The van der Waals surface area contributed by atoms with Gasteiger partial charge in [0.05, 0.1) is 23.8 Å². The lowest BCUT2D eigenvalue weighted by molar-refractivity contribution is -0.118. The number of aliphatic hydroxyl groups is 1. The predicted molar refractivity (Wildman–Crippen MR) is 95.6 cm³/mol. The first-order chi connectivity index (χ1) is 12.0. The summed E-state index contributed by atoms with van der Waals surface area (Å²) in [7, 11) is 0. The van der Waals surface area contributed by atoms with Gasteiger partial charge in [0.1, 0.15) is 0 Å². The van der Waals surface area contributed by atoms with E-state index in [9.17, 15) is 14.7 Å². The maximum atomic E-state index is 12.2. The van der Waals surface area contributed by atoms with Gasteiger partial charge >= 0.3 is 5.97 Å². The number of anilines is 1. The highest BCUT2D eigenvalue weighted by Gasteiger charge is 2.16. The molecule has 3 aromatic rings. The molecular formula is C20H17NO4. The maximum absolute atomic E-state index is 12.2. The number of hydrogen-bond donors (Lipinski definition) is 3. The Morgan fingerprint density at radius 3 is 2.36 bits per heavy atom. The highest BCUT2D eigenvalue weighted by molar-refractivity contribution is 6.00. The second-order valence-corrected chi connectivity index (χ2v) is 5.73. The van der Waals surface area contributed by atoms with Gasteiger partial charge in [0.15, 0.2) is 0 Å². The SMILES string of the molecule is O=C(CC(O)c1ccc2ccccc2c1)Nc1ccccc1C(=O)O. The number of fused-ring (bicyclic) bond motifs is 1. The van der Waals surface area contributed by atoms with E-state index in [-0.39, 0.29) is 17.7 Å². The molecule has 25 heavy (non-hydrogen) atoms. The molecule has 3 aromatic carbocycles. The quantitative estimate of drug-likeness (QED) is 0.665. The normalized spacial score (nSPS) is 11.9. The van der Waals surface area contributed by atoms with Gasteiger partial charge in [0.25, 0.3) is 0 Å². The van der Waals surface area contributed by atoms with Gasteiger partial charge in [-0.05, 0) is 34.5 Å². The van der Waals surface area contributed by atoms with Gasteiger partial charge in [0.2, 0.25) is 5.91 Å². The molecule has 0 radical (unpaired) electrons. The second kappa shape index (κ2) is 7.15. The summed E-state index contributed by atoms with van der Waals surface area (Å²) < 4.78 is 0. The van der Waals surface area contributed by atoms with Crippen molar-refractivity contribution in [1.82, 2.24) is 0 Å². The number of benzene rings is 3. The van der Waals surface area contributed by atoms with Gasteiger partial charge in [-0.15, -0.1) is 0 Å². The molecule has 0 spiro atoms. The number of nitrogens with one attached hydrogen (secondary N) is 1. The van der Waals surface area contributed by atoms with E-state index in [0.717, 1.165) is 10.8 Å². The molecule has 0 aliphatic heterocycles. The predicted octanol–water partition coefficient (Wildman–Crippen LogP) is 3.60. The highest BCUT2D eigenvalue weighted by Crippen LogP contribution is 2.23. The first-order valence-electron chi connectivity index (χ1n) is 7.83. The minimum atomic E-state index is -1.12. The Kier molecular flexibility index (Phi) is 4.77. The Morgan fingerprint density at radius 1 is 0.920 bits per heavy atom. The fourth-order valence-corrected chi connectivity index (χ4v) is 2.69. The molecule has 126 valence electrons. The van der Waals surface area contributed by atoms with Gasteiger partial charge in [-0.25, -0.2) is 4.79 Å². The number of carbonyl (C=O) groups excluding carboxylic acids is 1. The van der Waals surface area contributed by atoms with Crippen molar-refractivity contribution in [2.24, 2.45) is 0 Å². The van der Waals surface area contributed by atoms with E-state index in [4.69, 9.17) is 5.11 Å². The van der Waals surface area contributed by atoms with Crippen molar-refractivity contribution in [3.8, 4) is 0 Å². The molecular weight excluding hydrogens is 318 g/mol. The number of aromatic carboxylic acids is 1. The van der Waals surface area contributed by atoms with Crippen LogP contribution in [0.25, 0.3) is 10.8 Å². The number of carboxylic acids is 1. The number of aliphatic hydroxyl groups excluding tert-OH is 1. The Morgan fingerprint density at radius 2 is 1.60 bits per heavy atom. The average Bonchev–Trinajstić information content (AvgIpc) is 2.61. The zero-order chi connectivity index (χ0) is 17.8. The Bertz CT molecular complexity index is 936. The van der Waals surface area contributed by atoms with Crippen LogP contribution in [0.2, 0.25) is 0 Å². The lowest BCUT2D eigenvalue weighted by atomic mass is 10.0. The van der Waals surface area contributed by atoms with Gasteiger partial charge in [-0.1, -0.05) is 48.5 Å². The van der Waals surface area contributed by atoms with Crippen LogP contribution in [-0.4, -0.2) is 22.1 Å². The largest absolute Gasteiger partial charge is 0.478 e. The van der Waals surface area contributed by atoms with Crippen LogP contribution in [0.15, 0.2) is 66.7 Å². The Balaban J connectivity index is 1.73. The van der Waals surface area contributed by atoms with E-state index in [1.54, 1.807) is 18.2 Å². The monoisotopic (exact) mass is 335 g/mol. The number of carbonyl (C=O) groups is 2. The minimum Gasteiger partial charge on any atom is -0.478 e. The third-order valence-electron chi connectivity index (χ3n) is 3.97. The fraction of sp³-hybridized carbons (Fsp3) is 0.100. The first kappa shape index (κ1) is 16.7. The molecule has 1 amide bonds. The molecule has 3 rings (SSSR count). The first-order valence-corrected chi connectivity index (χ1v) is 7.83. The highest BCUT2D eigenvalue weighted by atomic mass is 16.4. The summed E-state index contributed by atoms with van der Waals surface area (Å²) in [6.45, 7) is 0. The standard InChI is InChI=1S/C20H17NO4/c22-18(15-10-9-13-5-1-2-6-14(13)11-15)12-19(23)21-17-8-4-3-7-16(17)20(24)25/h1-11,18,22H,12H2,(H,21,23)(H,24,25). The summed E-state index contributed by atoms with van der Waals surface area (Å²) in [5, 5.41) is 24.1. The van der Waals surface area contributed by atoms with Gasteiger partial charge in [-0.2, -0.15) is 0 Å². The third kappa shape index (κ3) is 3.84. The summed E-state index contributed by atoms with van der Waals surface area (Å²) in [4.78, 5) is 23.3. The Labute approximate surface area is 144 Å². The lowest BCUT2D eigenvalue weighted by Gasteiger charge is -2.13. The molecule has 0 heterocycles. The van der Waals surface area contributed by atoms with Crippen LogP contribution in [0.4, 0.5) is 5.69 Å². The van der Waals surface area contributed by atoms with Gasteiger partial charge < -0.3 is 15.5 Å². The molecule has 3 N–H and O–H groups in total. The number of rotatable bonds is 5. The van der Waals surface area contributed by atoms with Crippen LogP contribution in [0.3, 0.4) is 0 Å². The molecule has 1 unspecified atom stereocenters. The summed E-state index contributed by atoms with van der Waals surface area (Å²) in [6, 6.07) is 19.4. The van der Waals surface area contributed by atoms with E-state index < -0.39 is 18.0 Å². The maximum Gasteiger partial charge on any atom is 0.337 e. The van der Waals surface area contributed by atoms with Crippen molar-refractivity contribution in [3.63, 3.8) is 0 Å². The minimum absolute atomic E-state index is 0.0102. The molecule has 0 fully saturated rings. The molecule has 5 heteroatoms. The zero-order valence-corrected chi connectivity index (χ0v) is 13.3. The molecule has 0 aliphatic carbocycles. The number of para-hydroxylation sites is 1. The second-order valence-electron chi connectivity index (χ2n) is 5.73. The van der Waals surface area contributed by atoms with Gasteiger partial charge in [-0.3, -0.25) is 4.79 Å². The summed E-state index contributed by atoms with van der Waals surface area (Å²) in [6.07, 6.45) is -1.13. The zero-order valence-electron chi connectivity index (χ0n) is 13.3. The van der Waals surface area contributed by atoms with Gasteiger partial charge in [0, 0.05) is 0 Å². The summed E-state index contributed by atoms with van der Waals surface area (Å²) in [5.74, 6) is -1.57. The van der Waals surface area contributed by atoms with E-state index in [0.29, 0.717) is 5.56 Å². The van der Waals surface area contributed by atoms with Crippen LogP contribution >= 0.6 is 0 Å². The third-order valence-corrected chi connectivity index (χ3v) is 3.97. The molecule has 0 saturated heterocycles. The molecule has 0 saturated carbocycles. The number of carboxylic acid groups (broad SMARTS) is 1. The fourth-order valence-electron chi connectivity index (χ4n) is 2.69. The van der Waals surface area contributed by atoms with Crippen LogP contribution in [0.5, 0.6) is 0 Å². The lowest BCUT2D eigenvalue weighted by Crippen LogP contribution is -2.17. The summed E-state index contributed by atoms with van der Waals surface area (Å²) in [5.41, 5.74) is 0.863. The molecule has 0 aromatic heterocycles.